The van der Waals surface area contributed by atoms with Crippen molar-refractivity contribution in [2.24, 2.45) is 5.92 Å². The summed E-state index contributed by atoms with van der Waals surface area (Å²) in [5.41, 5.74) is 0. The van der Waals surface area contributed by atoms with Gasteiger partial charge in [0.25, 0.3) is 0 Å². The van der Waals surface area contributed by atoms with Crippen LogP contribution in [0.25, 0.3) is 0 Å². The van der Waals surface area contributed by atoms with Crippen molar-refractivity contribution in [3.63, 3.8) is 0 Å². The molecule has 0 unspecified atom stereocenters. The van der Waals surface area contributed by atoms with Gasteiger partial charge in [-0.3, -0.25) is 4.79 Å². The molecule has 0 aliphatic carbocycles. The number of hydrogen-bond donors (Lipinski definition) is 0. The molecule has 2 saturated heterocycles. The van der Waals surface area contributed by atoms with Crippen molar-refractivity contribution in [1.82, 2.24) is 9.80 Å². The number of piperidine rings is 1. The number of amides is 1. The molecule has 20 heavy (non-hydrogen) atoms. The third-order valence-corrected chi connectivity index (χ3v) is 6.05. The molecule has 0 saturated carbocycles. The summed E-state index contributed by atoms with van der Waals surface area (Å²) in [6.07, 6.45) is 3.67. The van der Waals surface area contributed by atoms with Crippen LogP contribution in [0.1, 0.15) is 32.6 Å². The monoisotopic (exact) mass is 302 g/mol. The molecule has 0 N–H and O–H groups in total. The van der Waals surface area contributed by atoms with Gasteiger partial charge in [-0.2, -0.15) is 0 Å². The van der Waals surface area contributed by atoms with Gasteiger partial charge in [-0.05, 0) is 31.7 Å². The summed E-state index contributed by atoms with van der Waals surface area (Å²) in [6.45, 7) is 6.14. The van der Waals surface area contributed by atoms with Crippen molar-refractivity contribution in [2.75, 3.05) is 44.2 Å². The molecule has 6 heteroatoms. The van der Waals surface area contributed by atoms with Crippen LogP contribution < -0.4 is 0 Å². The zero-order valence-electron chi connectivity index (χ0n) is 12.4. The van der Waals surface area contributed by atoms with E-state index in [1.54, 1.807) is 0 Å². The first-order valence-corrected chi connectivity index (χ1v) is 9.49. The zero-order chi connectivity index (χ0) is 14.6. The van der Waals surface area contributed by atoms with E-state index in [1.807, 2.05) is 4.90 Å². The van der Waals surface area contributed by atoms with E-state index in [-0.39, 0.29) is 17.4 Å². The number of hydrogen-bond acceptors (Lipinski definition) is 4. The van der Waals surface area contributed by atoms with Crippen LogP contribution in [-0.2, 0) is 14.6 Å². The number of likely N-dealkylation sites (tertiary alicyclic amines) is 1. The predicted octanol–water partition coefficient (Wildman–Crippen LogP) is 0.756. The smallest absolute Gasteiger partial charge is 0.222 e. The van der Waals surface area contributed by atoms with E-state index in [4.69, 9.17) is 0 Å². The van der Waals surface area contributed by atoms with Crippen molar-refractivity contribution >= 4 is 15.7 Å². The summed E-state index contributed by atoms with van der Waals surface area (Å²) in [6, 6.07) is 0. The molecular weight excluding hydrogens is 276 g/mol. The molecule has 0 spiro atoms. The fraction of sp³-hybridized carbons (Fsp3) is 0.929. The lowest BCUT2D eigenvalue weighted by Crippen LogP contribution is -2.41. The summed E-state index contributed by atoms with van der Waals surface area (Å²) < 4.78 is 22.6. The maximum atomic E-state index is 12.1. The van der Waals surface area contributed by atoms with Crippen LogP contribution in [0, 0.1) is 5.92 Å². The number of carbonyl (C=O) groups is 1. The maximum Gasteiger partial charge on any atom is 0.222 e. The quantitative estimate of drug-likeness (QED) is 0.769. The number of sulfone groups is 1. The molecule has 116 valence electrons. The summed E-state index contributed by atoms with van der Waals surface area (Å²) in [4.78, 5) is 16.2. The highest BCUT2D eigenvalue weighted by atomic mass is 32.2. The highest BCUT2D eigenvalue weighted by Gasteiger charge is 2.22. The van der Waals surface area contributed by atoms with E-state index in [2.05, 4.69) is 11.8 Å². The minimum atomic E-state index is -2.80. The largest absolute Gasteiger partial charge is 0.343 e. The minimum Gasteiger partial charge on any atom is -0.343 e. The third kappa shape index (κ3) is 4.74. The Labute approximate surface area is 122 Å². The Morgan fingerprint density at radius 3 is 2.30 bits per heavy atom. The number of nitrogens with zero attached hydrogens (tertiary/aromatic N) is 2. The summed E-state index contributed by atoms with van der Waals surface area (Å²) in [7, 11) is -2.80. The molecule has 2 fully saturated rings. The van der Waals surface area contributed by atoms with Crippen LogP contribution in [0.4, 0.5) is 0 Å². The molecule has 0 radical (unpaired) electrons. The standard InChI is InChI=1S/C14H26N2O3S/c1-13-4-7-16(8-5-13)14(17)3-2-6-15-9-11-20(18,19)12-10-15/h13H,2-12H2,1H3. The van der Waals surface area contributed by atoms with Gasteiger partial charge in [-0.1, -0.05) is 6.92 Å². The molecule has 0 aromatic rings. The molecule has 0 aromatic carbocycles. The van der Waals surface area contributed by atoms with Crippen molar-refractivity contribution < 1.29 is 13.2 Å². The minimum absolute atomic E-state index is 0.265. The topological polar surface area (TPSA) is 57.7 Å². The van der Waals surface area contributed by atoms with Crippen molar-refractivity contribution in [3.05, 3.63) is 0 Å². The molecule has 0 atom stereocenters. The van der Waals surface area contributed by atoms with Gasteiger partial charge >= 0.3 is 0 Å². The lowest BCUT2D eigenvalue weighted by molar-refractivity contribution is -0.132. The van der Waals surface area contributed by atoms with Crippen LogP contribution in [0.3, 0.4) is 0 Å². The van der Waals surface area contributed by atoms with Gasteiger partial charge < -0.3 is 9.80 Å². The van der Waals surface area contributed by atoms with Crippen LogP contribution >= 0.6 is 0 Å². The van der Waals surface area contributed by atoms with E-state index in [0.29, 0.717) is 19.5 Å². The van der Waals surface area contributed by atoms with Gasteiger partial charge in [0.05, 0.1) is 11.5 Å². The molecular formula is C14H26N2O3S. The Morgan fingerprint density at radius 2 is 1.70 bits per heavy atom. The Morgan fingerprint density at radius 1 is 1.10 bits per heavy atom. The highest BCUT2D eigenvalue weighted by molar-refractivity contribution is 7.91. The number of rotatable bonds is 4. The second-order valence-electron chi connectivity index (χ2n) is 6.16. The predicted molar refractivity (Wildman–Crippen MR) is 79.3 cm³/mol. The molecule has 0 aromatic heterocycles. The summed E-state index contributed by atoms with van der Waals surface area (Å²) >= 11 is 0. The lowest BCUT2D eigenvalue weighted by Gasteiger charge is -2.31. The van der Waals surface area contributed by atoms with E-state index in [9.17, 15) is 13.2 Å². The van der Waals surface area contributed by atoms with Crippen molar-refractivity contribution in [3.8, 4) is 0 Å². The van der Waals surface area contributed by atoms with Crippen LogP contribution in [-0.4, -0.2) is 68.4 Å². The van der Waals surface area contributed by atoms with Gasteiger partial charge in [-0.25, -0.2) is 8.42 Å². The molecule has 1 amide bonds. The molecule has 5 nitrogen and oxygen atoms in total. The van der Waals surface area contributed by atoms with E-state index in [1.165, 1.54) is 0 Å². The average molecular weight is 302 g/mol. The fourth-order valence-electron chi connectivity index (χ4n) is 2.84. The lowest BCUT2D eigenvalue weighted by atomic mass is 9.99. The maximum absolute atomic E-state index is 12.1. The summed E-state index contributed by atoms with van der Waals surface area (Å²) in [5.74, 6) is 1.55. The molecule has 2 rings (SSSR count). The Balaban J connectivity index is 1.62. The molecule has 2 aliphatic heterocycles. The van der Waals surface area contributed by atoms with Gasteiger partial charge in [0, 0.05) is 32.6 Å². The Kier molecular flexibility index (Phi) is 5.43. The van der Waals surface area contributed by atoms with Crippen LogP contribution in [0.5, 0.6) is 0 Å². The zero-order valence-corrected chi connectivity index (χ0v) is 13.2. The van der Waals surface area contributed by atoms with Crippen LogP contribution in [0.15, 0.2) is 0 Å². The Hall–Kier alpha value is -0.620. The highest BCUT2D eigenvalue weighted by Crippen LogP contribution is 2.17. The fourth-order valence-corrected chi connectivity index (χ4v) is 4.12. The normalized spacial score (nSPS) is 24.8. The molecule has 2 heterocycles. The third-order valence-electron chi connectivity index (χ3n) is 4.44. The van der Waals surface area contributed by atoms with Gasteiger partial charge in [0.2, 0.25) is 5.91 Å². The first-order valence-electron chi connectivity index (χ1n) is 7.67. The van der Waals surface area contributed by atoms with Gasteiger partial charge in [-0.15, -0.1) is 0 Å². The second kappa shape index (κ2) is 6.89. The first-order chi connectivity index (χ1) is 9.46. The number of carbonyl (C=O) groups excluding carboxylic acids is 1. The second-order valence-corrected chi connectivity index (χ2v) is 8.46. The summed E-state index contributed by atoms with van der Waals surface area (Å²) in [5, 5.41) is 0. The van der Waals surface area contributed by atoms with Crippen molar-refractivity contribution in [1.29, 1.82) is 0 Å². The van der Waals surface area contributed by atoms with Crippen LogP contribution in [0.2, 0.25) is 0 Å². The first kappa shape index (κ1) is 15.8. The van der Waals surface area contributed by atoms with E-state index < -0.39 is 9.84 Å². The SMILES string of the molecule is CC1CCN(C(=O)CCCN2CCS(=O)(=O)CC2)CC1. The van der Waals surface area contributed by atoms with Gasteiger partial charge in [0.15, 0.2) is 9.84 Å². The molecule has 0 bridgehead atoms. The van der Waals surface area contributed by atoms with Crippen molar-refractivity contribution in [2.45, 2.75) is 32.6 Å². The average Bonchev–Trinajstić information content (AvgIpc) is 2.41. The molecule has 2 aliphatic rings. The Bertz CT molecular complexity index is 414. The van der Waals surface area contributed by atoms with E-state index >= 15 is 0 Å². The van der Waals surface area contributed by atoms with E-state index in [0.717, 1.165) is 44.8 Å². The van der Waals surface area contributed by atoms with Gasteiger partial charge in [0.1, 0.15) is 0 Å².